The minimum absolute atomic E-state index is 0.0145. The van der Waals surface area contributed by atoms with Crippen molar-refractivity contribution in [3.05, 3.63) is 93.5 Å². The highest BCUT2D eigenvalue weighted by Gasteiger charge is 2.33. The number of nitrogens with zero attached hydrogens (tertiary/aromatic N) is 2. The van der Waals surface area contributed by atoms with E-state index in [0.29, 0.717) is 21.3 Å². The van der Waals surface area contributed by atoms with Crippen LogP contribution in [0.1, 0.15) is 44.4 Å². The Labute approximate surface area is 247 Å². The Balaban J connectivity index is 2.06. The topological polar surface area (TPSA) is 86.8 Å². The SMILES string of the molecule is Cc1ccc(N(CC(=O)N(Cc2ccc(Cl)c(Cl)c2)C(C)C(=O)NC(C)(C)C)S(=O)(=O)c2ccccc2)cc1C. The third-order valence-electron chi connectivity index (χ3n) is 6.39. The molecular weight excluding hydrogens is 569 g/mol. The van der Waals surface area contributed by atoms with Crippen molar-refractivity contribution < 1.29 is 18.0 Å². The van der Waals surface area contributed by atoms with Crippen LogP contribution in [0.25, 0.3) is 0 Å². The number of hydrogen-bond acceptors (Lipinski definition) is 4. The lowest BCUT2D eigenvalue weighted by Gasteiger charge is -2.33. The highest BCUT2D eigenvalue weighted by atomic mass is 35.5. The van der Waals surface area contributed by atoms with Crippen LogP contribution in [0.15, 0.2) is 71.6 Å². The van der Waals surface area contributed by atoms with Gasteiger partial charge in [0, 0.05) is 12.1 Å². The number of carbonyl (C=O) groups excluding carboxylic acids is 2. The van der Waals surface area contributed by atoms with E-state index in [-0.39, 0.29) is 17.3 Å². The normalized spacial score (nSPS) is 12.5. The van der Waals surface area contributed by atoms with Crippen molar-refractivity contribution in [3.8, 4) is 0 Å². The van der Waals surface area contributed by atoms with E-state index in [2.05, 4.69) is 5.32 Å². The van der Waals surface area contributed by atoms with Gasteiger partial charge in [-0.1, -0.05) is 53.5 Å². The quantitative estimate of drug-likeness (QED) is 0.318. The summed E-state index contributed by atoms with van der Waals surface area (Å²) in [7, 11) is -4.13. The molecule has 7 nitrogen and oxygen atoms in total. The number of hydrogen-bond donors (Lipinski definition) is 1. The first-order chi connectivity index (χ1) is 18.6. The van der Waals surface area contributed by atoms with Gasteiger partial charge in [-0.25, -0.2) is 8.42 Å². The molecule has 0 heterocycles. The number of nitrogens with one attached hydrogen (secondary N) is 1. The third-order valence-corrected chi connectivity index (χ3v) is 8.92. The molecule has 0 aliphatic rings. The first-order valence-electron chi connectivity index (χ1n) is 12.8. The highest BCUT2D eigenvalue weighted by molar-refractivity contribution is 7.92. The third kappa shape index (κ3) is 7.77. The standard InChI is InChI=1S/C30H35Cl2N3O4S/c1-20-12-14-24(16-21(20)2)35(40(38,39)25-10-8-7-9-11-25)19-28(36)34(22(3)29(37)33-30(4,5)6)18-23-13-15-26(31)27(32)17-23/h7-17,22H,18-19H2,1-6H3,(H,33,37). The summed E-state index contributed by atoms with van der Waals surface area (Å²) in [5.41, 5.74) is 2.32. The largest absolute Gasteiger partial charge is 0.350 e. The summed E-state index contributed by atoms with van der Waals surface area (Å²) in [6, 6.07) is 17.2. The fraction of sp³-hybridized carbons (Fsp3) is 0.333. The lowest BCUT2D eigenvalue weighted by atomic mass is 10.1. The predicted molar refractivity (Wildman–Crippen MR) is 161 cm³/mol. The zero-order valence-corrected chi connectivity index (χ0v) is 25.9. The molecule has 2 amide bonds. The molecule has 0 bridgehead atoms. The summed E-state index contributed by atoms with van der Waals surface area (Å²) < 4.78 is 28.8. The maximum Gasteiger partial charge on any atom is 0.264 e. The van der Waals surface area contributed by atoms with E-state index in [4.69, 9.17) is 23.2 Å². The van der Waals surface area contributed by atoms with Gasteiger partial charge in [-0.15, -0.1) is 0 Å². The second-order valence-corrected chi connectivity index (χ2v) is 13.5. The van der Waals surface area contributed by atoms with Gasteiger partial charge in [-0.3, -0.25) is 13.9 Å². The fourth-order valence-electron chi connectivity index (χ4n) is 4.02. The van der Waals surface area contributed by atoms with Crippen molar-refractivity contribution in [2.24, 2.45) is 0 Å². The van der Waals surface area contributed by atoms with Gasteiger partial charge in [0.05, 0.1) is 20.6 Å². The minimum atomic E-state index is -4.13. The van der Waals surface area contributed by atoms with Crippen LogP contribution in [0.4, 0.5) is 5.69 Å². The van der Waals surface area contributed by atoms with Crippen molar-refractivity contribution in [3.63, 3.8) is 0 Å². The van der Waals surface area contributed by atoms with E-state index in [0.717, 1.165) is 15.4 Å². The Morgan fingerprint density at radius 3 is 2.12 bits per heavy atom. The number of carbonyl (C=O) groups is 2. The Hall–Kier alpha value is -3.07. The fourth-order valence-corrected chi connectivity index (χ4v) is 5.77. The Kier molecular flexibility index (Phi) is 9.93. The van der Waals surface area contributed by atoms with Crippen molar-refractivity contribution in [2.45, 2.75) is 64.6 Å². The lowest BCUT2D eigenvalue weighted by Crippen LogP contribution is -2.54. The molecular formula is C30H35Cl2N3O4S. The monoisotopic (exact) mass is 603 g/mol. The summed E-state index contributed by atoms with van der Waals surface area (Å²) in [5.74, 6) is -0.926. The van der Waals surface area contributed by atoms with Gasteiger partial charge >= 0.3 is 0 Å². The molecule has 0 aliphatic heterocycles. The van der Waals surface area contributed by atoms with Crippen molar-refractivity contribution in [1.29, 1.82) is 0 Å². The van der Waals surface area contributed by atoms with E-state index in [1.54, 1.807) is 55.5 Å². The predicted octanol–water partition coefficient (Wildman–Crippen LogP) is 6.14. The maximum atomic E-state index is 14.0. The van der Waals surface area contributed by atoms with Gasteiger partial charge in [0.2, 0.25) is 11.8 Å². The molecule has 0 saturated heterocycles. The van der Waals surface area contributed by atoms with E-state index in [1.165, 1.54) is 17.0 Å². The molecule has 1 unspecified atom stereocenters. The molecule has 0 fully saturated rings. The molecule has 40 heavy (non-hydrogen) atoms. The van der Waals surface area contributed by atoms with Crippen molar-refractivity contribution >= 4 is 50.7 Å². The van der Waals surface area contributed by atoms with E-state index < -0.39 is 34.1 Å². The molecule has 0 spiro atoms. The minimum Gasteiger partial charge on any atom is -0.350 e. The lowest BCUT2D eigenvalue weighted by molar-refractivity contribution is -0.140. The number of amides is 2. The molecule has 1 N–H and O–H groups in total. The van der Waals surface area contributed by atoms with Crippen LogP contribution in [-0.2, 0) is 26.2 Å². The second kappa shape index (κ2) is 12.6. The molecule has 10 heteroatoms. The van der Waals surface area contributed by atoms with Crippen LogP contribution in [0.2, 0.25) is 10.0 Å². The Morgan fingerprint density at radius 2 is 1.55 bits per heavy atom. The molecule has 0 saturated carbocycles. The van der Waals surface area contributed by atoms with E-state index >= 15 is 0 Å². The number of halogens is 2. The number of rotatable bonds is 9. The second-order valence-electron chi connectivity index (χ2n) is 10.8. The molecule has 3 aromatic carbocycles. The van der Waals surface area contributed by atoms with Gasteiger partial charge in [0.15, 0.2) is 0 Å². The first kappa shape index (κ1) is 31.5. The van der Waals surface area contributed by atoms with Crippen LogP contribution in [0.5, 0.6) is 0 Å². The first-order valence-corrected chi connectivity index (χ1v) is 15.0. The molecule has 0 aliphatic carbocycles. The smallest absolute Gasteiger partial charge is 0.264 e. The summed E-state index contributed by atoms with van der Waals surface area (Å²) in [6.45, 7) is 10.4. The average Bonchev–Trinajstić information content (AvgIpc) is 2.88. The molecule has 0 aromatic heterocycles. The van der Waals surface area contributed by atoms with Gasteiger partial charge < -0.3 is 10.2 Å². The highest BCUT2D eigenvalue weighted by Crippen LogP contribution is 2.27. The maximum absolute atomic E-state index is 14.0. The summed E-state index contributed by atoms with van der Waals surface area (Å²) in [6.07, 6.45) is 0. The van der Waals surface area contributed by atoms with Gasteiger partial charge in [0.25, 0.3) is 10.0 Å². The van der Waals surface area contributed by atoms with Crippen molar-refractivity contribution in [1.82, 2.24) is 10.2 Å². The number of aryl methyl sites for hydroxylation is 2. The molecule has 214 valence electrons. The number of sulfonamides is 1. The van der Waals surface area contributed by atoms with Crippen molar-refractivity contribution in [2.75, 3.05) is 10.8 Å². The van der Waals surface area contributed by atoms with E-state index in [9.17, 15) is 18.0 Å². The number of benzene rings is 3. The molecule has 3 rings (SSSR count). The zero-order chi connectivity index (χ0) is 29.8. The van der Waals surface area contributed by atoms with E-state index in [1.807, 2.05) is 40.7 Å². The van der Waals surface area contributed by atoms with Gasteiger partial charge in [-0.2, -0.15) is 0 Å². The average molecular weight is 605 g/mol. The summed E-state index contributed by atoms with van der Waals surface area (Å²) in [5, 5.41) is 3.57. The number of anilines is 1. The van der Waals surface area contributed by atoms with Gasteiger partial charge in [0.1, 0.15) is 12.6 Å². The molecule has 1 atom stereocenters. The van der Waals surface area contributed by atoms with Crippen LogP contribution in [0.3, 0.4) is 0 Å². The van der Waals surface area contributed by atoms with Crippen LogP contribution in [-0.4, -0.2) is 43.3 Å². The van der Waals surface area contributed by atoms with Crippen LogP contribution in [0, 0.1) is 13.8 Å². The van der Waals surface area contributed by atoms with Crippen LogP contribution >= 0.6 is 23.2 Å². The van der Waals surface area contributed by atoms with Gasteiger partial charge in [-0.05, 0) is 94.6 Å². The molecule has 0 radical (unpaired) electrons. The summed E-state index contributed by atoms with van der Waals surface area (Å²) in [4.78, 5) is 28.6. The van der Waals surface area contributed by atoms with Crippen LogP contribution < -0.4 is 9.62 Å². The molecule has 3 aromatic rings. The summed E-state index contributed by atoms with van der Waals surface area (Å²) >= 11 is 12.3. The Bertz CT molecular complexity index is 1490. The zero-order valence-electron chi connectivity index (χ0n) is 23.5. The Morgan fingerprint density at radius 1 is 0.900 bits per heavy atom.